The van der Waals surface area contributed by atoms with Crippen molar-refractivity contribution >= 4 is 52.0 Å². The molecule has 2 N–H and O–H groups in total. The van der Waals surface area contributed by atoms with Gasteiger partial charge < -0.3 is 10.6 Å². The maximum Gasteiger partial charge on any atom is 0.176 e. The molecule has 7 heteroatoms. The molecule has 0 aliphatic heterocycles. The Balaban J connectivity index is 1.66. The lowest BCUT2D eigenvalue weighted by Crippen LogP contribution is -2.19. The summed E-state index contributed by atoms with van der Waals surface area (Å²) in [7, 11) is 0. The van der Waals surface area contributed by atoms with E-state index in [0.29, 0.717) is 27.5 Å². The number of hydrogen-bond acceptors (Lipinski definition) is 2. The minimum atomic E-state index is 0.494. The number of anilines is 2. The SMILES string of the molecule is Cc1ccc(NC(=S)Nc2cc(C)n(Cc3ccc(Cl)c(Cl)c3)n2)cc1. The lowest BCUT2D eigenvalue weighted by Gasteiger charge is -2.09. The normalized spacial score (nSPS) is 10.6. The van der Waals surface area contributed by atoms with Crippen molar-refractivity contribution in [1.29, 1.82) is 0 Å². The molecule has 0 aliphatic carbocycles. The van der Waals surface area contributed by atoms with Crippen molar-refractivity contribution in [3.8, 4) is 0 Å². The Bertz CT molecular complexity index is 935. The van der Waals surface area contributed by atoms with Gasteiger partial charge in [0.25, 0.3) is 0 Å². The standard InChI is InChI=1S/C19H18Cl2N4S/c1-12-3-6-15(7-4-12)22-19(26)23-18-9-13(2)25(24-18)11-14-5-8-16(20)17(21)10-14/h3-10H,11H2,1-2H3,(H2,22,23,24,26). The van der Waals surface area contributed by atoms with Gasteiger partial charge in [-0.15, -0.1) is 0 Å². The third-order valence-corrected chi connectivity index (χ3v) is 4.79. The van der Waals surface area contributed by atoms with E-state index in [1.165, 1.54) is 5.56 Å². The van der Waals surface area contributed by atoms with Crippen LogP contribution in [0.5, 0.6) is 0 Å². The molecule has 0 saturated heterocycles. The lowest BCUT2D eigenvalue weighted by atomic mass is 10.2. The van der Waals surface area contributed by atoms with Crippen LogP contribution in [0, 0.1) is 13.8 Å². The first-order chi connectivity index (χ1) is 12.4. The summed E-state index contributed by atoms with van der Waals surface area (Å²) >= 11 is 17.4. The maximum atomic E-state index is 6.08. The van der Waals surface area contributed by atoms with Crippen LogP contribution >= 0.6 is 35.4 Å². The van der Waals surface area contributed by atoms with Crippen molar-refractivity contribution in [3.05, 3.63) is 75.4 Å². The van der Waals surface area contributed by atoms with Crippen LogP contribution in [0.2, 0.25) is 10.0 Å². The van der Waals surface area contributed by atoms with Crippen LogP contribution in [-0.4, -0.2) is 14.9 Å². The number of aromatic nitrogens is 2. The van der Waals surface area contributed by atoms with Crippen molar-refractivity contribution in [3.63, 3.8) is 0 Å². The van der Waals surface area contributed by atoms with Gasteiger partial charge in [-0.1, -0.05) is 47.0 Å². The van der Waals surface area contributed by atoms with Crippen LogP contribution < -0.4 is 10.6 Å². The number of thiocarbonyl (C=S) groups is 1. The van der Waals surface area contributed by atoms with Crippen molar-refractivity contribution in [2.45, 2.75) is 20.4 Å². The molecular weight excluding hydrogens is 387 g/mol. The van der Waals surface area contributed by atoms with E-state index >= 15 is 0 Å². The van der Waals surface area contributed by atoms with Gasteiger partial charge in [0.1, 0.15) is 0 Å². The molecule has 1 aromatic heterocycles. The van der Waals surface area contributed by atoms with Crippen LogP contribution in [0.4, 0.5) is 11.5 Å². The largest absolute Gasteiger partial charge is 0.332 e. The second-order valence-electron chi connectivity index (χ2n) is 6.02. The van der Waals surface area contributed by atoms with Gasteiger partial charge in [0.05, 0.1) is 16.6 Å². The van der Waals surface area contributed by atoms with Gasteiger partial charge in [-0.3, -0.25) is 4.68 Å². The summed E-state index contributed by atoms with van der Waals surface area (Å²) in [5.41, 5.74) is 4.17. The second-order valence-corrected chi connectivity index (χ2v) is 7.24. The number of nitrogens with zero attached hydrogens (tertiary/aromatic N) is 2. The molecule has 3 rings (SSSR count). The molecule has 0 saturated carbocycles. The van der Waals surface area contributed by atoms with E-state index in [2.05, 4.69) is 15.7 Å². The molecule has 2 aromatic carbocycles. The topological polar surface area (TPSA) is 41.9 Å². The molecule has 0 unspecified atom stereocenters. The van der Waals surface area contributed by atoms with E-state index in [9.17, 15) is 0 Å². The van der Waals surface area contributed by atoms with Gasteiger partial charge in [0.2, 0.25) is 0 Å². The van der Waals surface area contributed by atoms with Gasteiger partial charge >= 0.3 is 0 Å². The zero-order valence-electron chi connectivity index (χ0n) is 14.4. The molecule has 0 amide bonds. The maximum absolute atomic E-state index is 6.08. The fraction of sp³-hybridized carbons (Fsp3) is 0.158. The number of halogens is 2. The number of rotatable bonds is 4. The zero-order chi connectivity index (χ0) is 18.7. The first-order valence-corrected chi connectivity index (χ1v) is 9.20. The summed E-state index contributed by atoms with van der Waals surface area (Å²) < 4.78 is 1.89. The summed E-state index contributed by atoms with van der Waals surface area (Å²) in [6.45, 7) is 4.64. The van der Waals surface area contributed by atoms with Crippen molar-refractivity contribution < 1.29 is 0 Å². The number of nitrogens with one attached hydrogen (secondary N) is 2. The smallest absolute Gasteiger partial charge is 0.176 e. The van der Waals surface area contributed by atoms with E-state index in [0.717, 1.165) is 16.9 Å². The third-order valence-electron chi connectivity index (χ3n) is 3.85. The van der Waals surface area contributed by atoms with Crippen molar-refractivity contribution in [1.82, 2.24) is 9.78 Å². The summed E-state index contributed by atoms with van der Waals surface area (Å²) in [6, 6.07) is 15.5. The van der Waals surface area contributed by atoms with E-state index in [1.807, 2.05) is 61.0 Å². The fourth-order valence-electron chi connectivity index (χ4n) is 2.46. The molecule has 0 atom stereocenters. The van der Waals surface area contributed by atoms with Crippen LogP contribution in [0.25, 0.3) is 0 Å². The quantitative estimate of drug-likeness (QED) is 0.550. The summed E-state index contributed by atoms with van der Waals surface area (Å²) in [6.07, 6.45) is 0. The summed E-state index contributed by atoms with van der Waals surface area (Å²) in [5, 5.41) is 12.4. The van der Waals surface area contributed by atoms with Crippen LogP contribution in [0.3, 0.4) is 0 Å². The average molecular weight is 405 g/mol. The molecule has 134 valence electrons. The second kappa shape index (κ2) is 8.08. The molecule has 1 heterocycles. The molecular formula is C19H18Cl2N4S. The van der Waals surface area contributed by atoms with Crippen LogP contribution in [-0.2, 0) is 6.54 Å². The highest BCUT2D eigenvalue weighted by Gasteiger charge is 2.08. The predicted molar refractivity (Wildman–Crippen MR) is 114 cm³/mol. The number of aryl methyl sites for hydroxylation is 2. The highest BCUT2D eigenvalue weighted by molar-refractivity contribution is 7.80. The van der Waals surface area contributed by atoms with Gasteiger partial charge in [0.15, 0.2) is 10.9 Å². The fourth-order valence-corrected chi connectivity index (χ4v) is 3.00. The monoisotopic (exact) mass is 404 g/mol. The lowest BCUT2D eigenvalue weighted by molar-refractivity contribution is 0.668. The molecule has 0 radical (unpaired) electrons. The van der Waals surface area contributed by atoms with E-state index in [1.54, 1.807) is 6.07 Å². The molecule has 0 aliphatic rings. The first-order valence-electron chi connectivity index (χ1n) is 8.04. The molecule has 4 nitrogen and oxygen atoms in total. The van der Waals surface area contributed by atoms with Crippen molar-refractivity contribution in [2.75, 3.05) is 10.6 Å². The Morgan fingerprint density at radius 3 is 2.42 bits per heavy atom. The first kappa shape index (κ1) is 18.7. The van der Waals surface area contributed by atoms with Gasteiger partial charge in [-0.05, 0) is 55.9 Å². The Kier molecular flexibility index (Phi) is 5.81. The third kappa shape index (κ3) is 4.75. The Morgan fingerprint density at radius 2 is 1.73 bits per heavy atom. The van der Waals surface area contributed by atoms with Crippen molar-refractivity contribution in [2.24, 2.45) is 0 Å². The highest BCUT2D eigenvalue weighted by atomic mass is 35.5. The predicted octanol–water partition coefficient (Wildman–Crippen LogP) is 5.66. The van der Waals surface area contributed by atoms with Gasteiger partial charge in [-0.2, -0.15) is 5.10 Å². The van der Waals surface area contributed by atoms with E-state index < -0.39 is 0 Å². The highest BCUT2D eigenvalue weighted by Crippen LogP contribution is 2.23. The Hall–Kier alpha value is -2.08. The molecule has 0 fully saturated rings. The average Bonchev–Trinajstić information content (AvgIpc) is 2.92. The molecule has 26 heavy (non-hydrogen) atoms. The zero-order valence-corrected chi connectivity index (χ0v) is 16.7. The van der Waals surface area contributed by atoms with Crippen LogP contribution in [0.1, 0.15) is 16.8 Å². The van der Waals surface area contributed by atoms with E-state index in [-0.39, 0.29) is 0 Å². The minimum absolute atomic E-state index is 0.494. The van der Waals surface area contributed by atoms with E-state index in [4.69, 9.17) is 35.4 Å². The molecule has 0 bridgehead atoms. The summed E-state index contributed by atoms with van der Waals surface area (Å²) in [4.78, 5) is 0. The Labute approximate surface area is 168 Å². The van der Waals surface area contributed by atoms with Gasteiger partial charge in [0, 0.05) is 17.4 Å². The van der Waals surface area contributed by atoms with Gasteiger partial charge in [-0.25, -0.2) is 0 Å². The Morgan fingerprint density at radius 1 is 1.00 bits per heavy atom. The number of hydrogen-bond donors (Lipinski definition) is 2. The summed E-state index contributed by atoms with van der Waals surface area (Å²) in [5.74, 6) is 0.687. The van der Waals surface area contributed by atoms with Crippen LogP contribution in [0.15, 0.2) is 48.5 Å². The molecule has 3 aromatic rings. The molecule has 0 spiro atoms. The minimum Gasteiger partial charge on any atom is -0.332 e. The number of benzene rings is 2.